The van der Waals surface area contributed by atoms with Crippen molar-refractivity contribution in [2.75, 3.05) is 7.11 Å². The minimum absolute atomic E-state index is 0.487. The smallest absolute Gasteiger partial charge is 0.213 e. The van der Waals surface area contributed by atoms with Gasteiger partial charge in [-0.05, 0) is 65.0 Å². The van der Waals surface area contributed by atoms with Crippen molar-refractivity contribution >= 4 is 11.6 Å². The van der Waals surface area contributed by atoms with Gasteiger partial charge in [0.25, 0.3) is 0 Å². The number of rotatable bonds is 3. The fourth-order valence-electron chi connectivity index (χ4n) is 3.14. The van der Waals surface area contributed by atoms with E-state index in [9.17, 15) is 0 Å². The van der Waals surface area contributed by atoms with E-state index in [1.807, 2.05) is 19.9 Å². The minimum Gasteiger partial charge on any atom is -0.348 e. The van der Waals surface area contributed by atoms with E-state index in [1.165, 1.54) is 14.0 Å². The fraction of sp³-hybridized carbons (Fsp3) is 0.684. The predicted octanol–water partition coefficient (Wildman–Crippen LogP) is 4.71. The van der Waals surface area contributed by atoms with Gasteiger partial charge < -0.3 is 9.47 Å². The van der Waals surface area contributed by atoms with Gasteiger partial charge in [0.15, 0.2) is 0 Å². The molecular weight excluding hydrogens is 310 g/mol. The molecule has 1 fully saturated rings. The summed E-state index contributed by atoms with van der Waals surface area (Å²) >= 11 is 6.39. The molecule has 3 atom stereocenters. The lowest BCUT2D eigenvalue weighted by Crippen LogP contribution is -2.74. The standard InChI is InChI=1S/C19H30ClNO2/c1-9-18(7)14(4)23-19(22-8,17(5,6)21-18)15-10-12(2)13(3)16(20)11-15/h10-11,14,21H,9H2,1-8H3/t14?,18?,19-/m0/s1/i7D3,9D2,14D. The molecule has 0 bridgehead atoms. The molecule has 0 amide bonds. The first-order valence-corrected chi connectivity index (χ1v) is 7.99. The molecule has 1 aliphatic heterocycles. The van der Waals surface area contributed by atoms with Gasteiger partial charge >= 0.3 is 0 Å². The molecule has 1 aliphatic rings. The summed E-state index contributed by atoms with van der Waals surface area (Å²) in [6, 6.07) is 3.50. The Bertz CT molecular complexity index is 766. The van der Waals surface area contributed by atoms with E-state index in [-0.39, 0.29) is 0 Å². The maximum atomic E-state index is 8.88. The topological polar surface area (TPSA) is 30.5 Å². The molecule has 0 spiro atoms. The van der Waals surface area contributed by atoms with Crippen LogP contribution in [0, 0.1) is 13.8 Å². The van der Waals surface area contributed by atoms with E-state index in [4.69, 9.17) is 29.3 Å². The molecule has 1 saturated heterocycles. The maximum Gasteiger partial charge on any atom is 0.213 e. The highest BCUT2D eigenvalue weighted by atomic mass is 35.5. The molecule has 1 heterocycles. The second-order valence-electron chi connectivity index (χ2n) is 6.63. The Morgan fingerprint density at radius 1 is 1.48 bits per heavy atom. The number of morpholine rings is 1. The molecule has 0 aromatic heterocycles. The van der Waals surface area contributed by atoms with Crippen LogP contribution in [-0.4, -0.2) is 24.3 Å². The van der Waals surface area contributed by atoms with Crippen molar-refractivity contribution in [3.05, 3.63) is 33.8 Å². The quantitative estimate of drug-likeness (QED) is 0.860. The SMILES string of the molecule is [2H]C([2H])([2H])C1(C([2H])([2H])C)NC(C)(C)[C@](OC)(c2cc(C)c(C)c(Cl)c2)OC1([2H])C. The van der Waals surface area contributed by atoms with Crippen LogP contribution in [0.1, 0.15) is 65.8 Å². The van der Waals surface area contributed by atoms with Gasteiger partial charge in [0, 0.05) is 30.1 Å². The Hall–Kier alpha value is -0.610. The molecule has 0 saturated carbocycles. The van der Waals surface area contributed by atoms with Crippen molar-refractivity contribution in [2.45, 2.75) is 77.7 Å². The van der Waals surface area contributed by atoms with E-state index < -0.39 is 36.2 Å². The molecule has 0 radical (unpaired) electrons. The third-order valence-electron chi connectivity index (χ3n) is 4.79. The summed E-state index contributed by atoms with van der Waals surface area (Å²) in [6.45, 7) is 6.60. The van der Waals surface area contributed by atoms with Crippen LogP contribution in [0.5, 0.6) is 0 Å². The molecule has 0 aliphatic carbocycles. The average molecular weight is 346 g/mol. The first-order valence-electron chi connectivity index (χ1n) is 10.6. The predicted molar refractivity (Wildman–Crippen MR) is 96.1 cm³/mol. The highest BCUT2D eigenvalue weighted by Gasteiger charge is 2.57. The van der Waals surface area contributed by atoms with Crippen molar-refractivity contribution in [3.8, 4) is 0 Å². The van der Waals surface area contributed by atoms with Crippen LogP contribution in [0.15, 0.2) is 12.1 Å². The summed E-state index contributed by atoms with van der Waals surface area (Å²) in [6.07, 6.45) is -4.56. The Morgan fingerprint density at radius 3 is 2.61 bits per heavy atom. The number of nitrogens with one attached hydrogen (secondary N) is 1. The van der Waals surface area contributed by atoms with Crippen molar-refractivity contribution < 1.29 is 17.7 Å². The van der Waals surface area contributed by atoms with Crippen molar-refractivity contribution in [3.63, 3.8) is 0 Å². The average Bonchev–Trinajstić information content (AvgIpc) is 2.51. The van der Waals surface area contributed by atoms with Gasteiger partial charge in [0.1, 0.15) is 0 Å². The lowest BCUT2D eigenvalue weighted by Gasteiger charge is -2.58. The normalized spacial score (nSPS) is 41.9. The van der Waals surface area contributed by atoms with Crippen LogP contribution >= 0.6 is 11.6 Å². The number of halogens is 1. The monoisotopic (exact) mass is 345 g/mol. The Labute approximate surface area is 154 Å². The highest BCUT2D eigenvalue weighted by molar-refractivity contribution is 6.31. The molecular formula is C19H30ClNO2. The van der Waals surface area contributed by atoms with Gasteiger partial charge in [-0.25, -0.2) is 0 Å². The second kappa shape index (κ2) is 6.03. The van der Waals surface area contributed by atoms with Gasteiger partial charge in [-0.15, -0.1) is 0 Å². The number of methoxy groups -OCH3 is 1. The van der Waals surface area contributed by atoms with E-state index in [1.54, 1.807) is 19.9 Å². The summed E-state index contributed by atoms with van der Waals surface area (Å²) in [5, 5.41) is 3.44. The zero-order valence-corrected chi connectivity index (χ0v) is 15.6. The maximum absolute atomic E-state index is 8.88. The third kappa shape index (κ3) is 2.82. The third-order valence-corrected chi connectivity index (χ3v) is 5.19. The molecule has 1 N–H and O–H groups in total. The Balaban J connectivity index is 2.83. The van der Waals surface area contributed by atoms with Gasteiger partial charge in [-0.3, -0.25) is 5.32 Å². The largest absolute Gasteiger partial charge is 0.348 e. The Kier molecular flexibility index (Phi) is 3.11. The second-order valence-corrected chi connectivity index (χ2v) is 7.04. The fourth-order valence-corrected chi connectivity index (χ4v) is 3.40. The number of hydrogen-bond acceptors (Lipinski definition) is 3. The minimum atomic E-state index is -2.89. The molecule has 1 aromatic rings. The molecule has 1 aromatic carbocycles. The first-order chi connectivity index (χ1) is 12.8. The van der Waals surface area contributed by atoms with E-state index in [2.05, 4.69) is 5.32 Å². The Morgan fingerprint density at radius 2 is 2.13 bits per heavy atom. The lowest BCUT2D eigenvalue weighted by atomic mass is 9.78. The van der Waals surface area contributed by atoms with Crippen molar-refractivity contribution in [1.82, 2.24) is 5.32 Å². The lowest BCUT2D eigenvalue weighted by molar-refractivity contribution is -0.329. The number of benzene rings is 1. The summed E-state index contributed by atoms with van der Waals surface area (Å²) in [7, 11) is 1.41. The van der Waals surface area contributed by atoms with E-state index in [0.717, 1.165) is 18.1 Å². The van der Waals surface area contributed by atoms with Gasteiger partial charge in [0.2, 0.25) is 5.79 Å². The molecule has 130 valence electrons. The van der Waals surface area contributed by atoms with Gasteiger partial charge in [0.05, 0.1) is 13.0 Å². The van der Waals surface area contributed by atoms with Crippen LogP contribution < -0.4 is 5.32 Å². The van der Waals surface area contributed by atoms with Crippen LogP contribution in [-0.2, 0) is 15.3 Å². The summed E-state index contributed by atoms with van der Waals surface area (Å²) in [5.74, 6) is -1.59. The van der Waals surface area contributed by atoms with Crippen LogP contribution in [0.2, 0.25) is 5.02 Å². The van der Waals surface area contributed by atoms with E-state index >= 15 is 0 Å². The number of hydrogen-bond donors (Lipinski definition) is 1. The number of aryl methyl sites for hydroxylation is 1. The zero-order chi connectivity index (χ0) is 22.8. The highest BCUT2D eigenvalue weighted by Crippen LogP contribution is 2.46. The van der Waals surface area contributed by atoms with Crippen molar-refractivity contribution in [2.24, 2.45) is 0 Å². The molecule has 4 heteroatoms. The zero-order valence-electron chi connectivity index (χ0n) is 20.8. The summed E-state index contributed by atoms with van der Waals surface area (Å²) in [4.78, 5) is 0. The summed E-state index contributed by atoms with van der Waals surface area (Å²) in [5.41, 5.74) is -1.29. The molecule has 23 heavy (non-hydrogen) atoms. The van der Waals surface area contributed by atoms with E-state index in [0.29, 0.717) is 10.6 Å². The first kappa shape index (κ1) is 11.9. The molecule has 2 rings (SSSR count). The molecule has 3 nitrogen and oxygen atoms in total. The summed E-state index contributed by atoms with van der Waals surface area (Å²) < 4.78 is 61.9. The van der Waals surface area contributed by atoms with Crippen LogP contribution in [0.25, 0.3) is 0 Å². The van der Waals surface area contributed by atoms with Gasteiger partial charge in [-0.2, -0.15) is 0 Å². The van der Waals surface area contributed by atoms with Crippen LogP contribution in [0.4, 0.5) is 0 Å². The van der Waals surface area contributed by atoms with Crippen LogP contribution in [0.3, 0.4) is 0 Å². The van der Waals surface area contributed by atoms with Crippen molar-refractivity contribution in [1.29, 1.82) is 0 Å². The molecule has 2 unspecified atom stereocenters. The number of ether oxygens (including phenoxy) is 2. The van der Waals surface area contributed by atoms with Gasteiger partial charge in [-0.1, -0.05) is 24.6 Å².